The van der Waals surface area contributed by atoms with Crippen LogP contribution in [-0.2, 0) is 0 Å². The molecule has 1 aromatic heterocycles. The van der Waals surface area contributed by atoms with Gasteiger partial charge in [-0.25, -0.2) is 0 Å². The number of thiophene rings is 1. The Bertz CT molecular complexity index is 316. The molecule has 1 aromatic rings. The molecular weight excluding hydrogens is 286 g/mol. The average Bonchev–Trinajstić information content (AvgIpc) is 2.59. The van der Waals surface area contributed by atoms with Gasteiger partial charge in [-0.2, -0.15) is 0 Å². The Morgan fingerprint density at radius 1 is 1.71 bits per heavy atom. The minimum Gasteiger partial charge on any atom is -0.337 e. The molecule has 0 N–H and O–H groups in total. The first kappa shape index (κ1) is 12.0. The second-order valence-electron chi connectivity index (χ2n) is 2.67. The van der Waals surface area contributed by atoms with Crippen molar-refractivity contribution in [1.82, 2.24) is 4.90 Å². The molecule has 5 heteroatoms. The molecule has 0 saturated carbocycles. The topological polar surface area (TPSA) is 20.3 Å². The molecule has 1 amide bonds. The minimum atomic E-state index is 0.0203. The summed E-state index contributed by atoms with van der Waals surface area (Å²) in [6.45, 7) is 3.38. The first-order valence-electron chi connectivity index (χ1n) is 4.29. The van der Waals surface area contributed by atoms with Crippen LogP contribution in [0.4, 0.5) is 0 Å². The highest BCUT2D eigenvalue weighted by molar-refractivity contribution is 9.09. The number of hydrogen-bond donors (Lipinski definition) is 0. The number of nitrogens with zero attached hydrogens (tertiary/aromatic N) is 1. The van der Waals surface area contributed by atoms with Crippen molar-refractivity contribution in [2.75, 3.05) is 18.4 Å². The van der Waals surface area contributed by atoms with Gasteiger partial charge < -0.3 is 4.90 Å². The van der Waals surface area contributed by atoms with Crippen LogP contribution in [0, 0.1) is 0 Å². The predicted octanol–water partition coefficient (Wildman–Crippen LogP) is 3.26. The smallest absolute Gasteiger partial charge is 0.265 e. The average molecular weight is 297 g/mol. The van der Waals surface area contributed by atoms with Gasteiger partial charge in [0.1, 0.15) is 4.88 Å². The van der Waals surface area contributed by atoms with Gasteiger partial charge in [-0.3, -0.25) is 4.79 Å². The molecule has 1 heterocycles. The van der Waals surface area contributed by atoms with E-state index in [0.717, 1.165) is 5.33 Å². The van der Waals surface area contributed by atoms with Crippen LogP contribution in [0.1, 0.15) is 16.6 Å². The summed E-state index contributed by atoms with van der Waals surface area (Å²) in [5, 5.41) is 3.17. The minimum absolute atomic E-state index is 0.0203. The van der Waals surface area contributed by atoms with Crippen molar-refractivity contribution in [3.05, 3.63) is 21.3 Å². The third-order valence-corrected chi connectivity index (χ3v) is 3.52. The molecule has 2 nitrogen and oxygen atoms in total. The molecule has 1 rings (SSSR count). The van der Waals surface area contributed by atoms with E-state index in [0.29, 0.717) is 23.0 Å². The van der Waals surface area contributed by atoms with Crippen molar-refractivity contribution in [3.8, 4) is 0 Å². The molecule has 0 aliphatic heterocycles. The van der Waals surface area contributed by atoms with E-state index in [1.54, 1.807) is 11.0 Å². The fourth-order valence-electron chi connectivity index (χ4n) is 1.10. The molecule has 0 bridgehead atoms. The van der Waals surface area contributed by atoms with Crippen molar-refractivity contribution < 1.29 is 4.79 Å². The quantitative estimate of drug-likeness (QED) is 0.781. The van der Waals surface area contributed by atoms with Gasteiger partial charge in [-0.1, -0.05) is 27.5 Å². The Labute approximate surface area is 101 Å². The summed E-state index contributed by atoms with van der Waals surface area (Å²) >= 11 is 10.6. The van der Waals surface area contributed by atoms with E-state index < -0.39 is 0 Å². The molecule has 14 heavy (non-hydrogen) atoms. The zero-order chi connectivity index (χ0) is 10.6. The lowest BCUT2D eigenvalue weighted by atomic mass is 10.4. The molecule has 0 saturated heterocycles. The van der Waals surface area contributed by atoms with Crippen LogP contribution in [0.15, 0.2) is 11.4 Å². The van der Waals surface area contributed by atoms with Crippen molar-refractivity contribution in [2.24, 2.45) is 0 Å². The SMILES string of the molecule is CCN(CCBr)C(=O)c1sccc1Cl. The van der Waals surface area contributed by atoms with E-state index in [2.05, 4.69) is 15.9 Å². The van der Waals surface area contributed by atoms with Crippen LogP contribution < -0.4 is 0 Å². The third-order valence-electron chi connectivity index (χ3n) is 1.83. The lowest BCUT2D eigenvalue weighted by molar-refractivity contribution is 0.0780. The number of amides is 1. The van der Waals surface area contributed by atoms with Crippen LogP contribution in [0.2, 0.25) is 5.02 Å². The summed E-state index contributed by atoms with van der Waals surface area (Å²) in [7, 11) is 0. The summed E-state index contributed by atoms with van der Waals surface area (Å²) in [5.41, 5.74) is 0. The Morgan fingerprint density at radius 3 is 2.86 bits per heavy atom. The Hall–Kier alpha value is -0.0600. The van der Waals surface area contributed by atoms with Gasteiger partial charge in [-0.15, -0.1) is 11.3 Å². The van der Waals surface area contributed by atoms with E-state index in [9.17, 15) is 4.79 Å². The highest BCUT2D eigenvalue weighted by Gasteiger charge is 2.17. The standard InChI is InChI=1S/C9H11BrClNOS/c1-2-12(5-4-10)9(13)8-7(11)3-6-14-8/h3,6H,2,4-5H2,1H3. The highest BCUT2D eigenvalue weighted by Crippen LogP contribution is 2.23. The molecule has 0 spiro atoms. The number of alkyl halides is 1. The van der Waals surface area contributed by atoms with Gasteiger partial charge in [0.05, 0.1) is 5.02 Å². The normalized spacial score (nSPS) is 10.2. The zero-order valence-electron chi connectivity index (χ0n) is 7.80. The largest absolute Gasteiger partial charge is 0.337 e. The lowest BCUT2D eigenvalue weighted by Gasteiger charge is -2.18. The molecule has 0 radical (unpaired) electrons. The summed E-state index contributed by atoms with van der Waals surface area (Å²) in [6, 6.07) is 1.75. The van der Waals surface area contributed by atoms with E-state index in [-0.39, 0.29) is 5.91 Å². The molecule has 0 fully saturated rings. The highest BCUT2D eigenvalue weighted by atomic mass is 79.9. The maximum Gasteiger partial charge on any atom is 0.265 e. The third kappa shape index (κ3) is 2.72. The van der Waals surface area contributed by atoms with E-state index in [1.165, 1.54) is 11.3 Å². The van der Waals surface area contributed by atoms with Crippen LogP contribution in [0.5, 0.6) is 0 Å². The second-order valence-corrected chi connectivity index (χ2v) is 4.79. The molecular formula is C9H11BrClNOS. The first-order valence-corrected chi connectivity index (χ1v) is 6.66. The summed E-state index contributed by atoms with van der Waals surface area (Å²) in [5.74, 6) is 0.0203. The summed E-state index contributed by atoms with van der Waals surface area (Å²) < 4.78 is 0. The summed E-state index contributed by atoms with van der Waals surface area (Å²) in [4.78, 5) is 14.3. The molecule has 78 valence electrons. The molecule has 0 aliphatic rings. The number of carbonyl (C=O) groups is 1. The van der Waals surface area contributed by atoms with Crippen LogP contribution in [0.25, 0.3) is 0 Å². The monoisotopic (exact) mass is 295 g/mol. The molecule has 0 unspecified atom stereocenters. The van der Waals surface area contributed by atoms with Crippen LogP contribution >= 0.6 is 38.9 Å². The second kappa shape index (κ2) is 5.73. The fraction of sp³-hybridized carbons (Fsp3) is 0.444. The maximum atomic E-state index is 11.9. The number of rotatable bonds is 4. The van der Waals surface area contributed by atoms with E-state index in [1.807, 2.05) is 12.3 Å². The van der Waals surface area contributed by atoms with Crippen LogP contribution in [-0.4, -0.2) is 29.2 Å². The Kier molecular flexibility index (Phi) is 4.92. The Balaban J connectivity index is 2.78. The zero-order valence-corrected chi connectivity index (χ0v) is 11.0. The van der Waals surface area contributed by atoms with Gasteiger partial charge in [0, 0.05) is 18.4 Å². The summed E-state index contributed by atoms with van der Waals surface area (Å²) in [6.07, 6.45) is 0. The first-order chi connectivity index (χ1) is 6.70. The van der Waals surface area contributed by atoms with Gasteiger partial charge in [-0.05, 0) is 18.4 Å². The van der Waals surface area contributed by atoms with Crippen molar-refractivity contribution in [2.45, 2.75) is 6.92 Å². The predicted molar refractivity (Wildman–Crippen MR) is 64.7 cm³/mol. The van der Waals surface area contributed by atoms with Crippen molar-refractivity contribution in [3.63, 3.8) is 0 Å². The molecule has 0 atom stereocenters. The van der Waals surface area contributed by atoms with E-state index in [4.69, 9.17) is 11.6 Å². The van der Waals surface area contributed by atoms with E-state index >= 15 is 0 Å². The molecule has 0 aromatic carbocycles. The number of carbonyl (C=O) groups excluding carboxylic acids is 1. The lowest BCUT2D eigenvalue weighted by Crippen LogP contribution is -2.32. The van der Waals surface area contributed by atoms with Crippen molar-refractivity contribution >= 4 is 44.8 Å². The van der Waals surface area contributed by atoms with Gasteiger partial charge in [0.25, 0.3) is 5.91 Å². The number of hydrogen-bond acceptors (Lipinski definition) is 2. The van der Waals surface area contributed by atoms with Crippen molar-refractivity contribution in [1.29, 1.82) is 0 Å². The van der Waals surface area contributed by atoms with Gasteiger partial charge >= 0.3 is 0 Å². The van der Waals surface area contributed by atoms with Gasteiger partial charge in [0.2, 0.25) is 0 Å². The maximum absolute atomic E-state index is 11.9. The van der Waals surface area contributed by atoms with Gasteiger partial charge in [0.15, 0.2) is 0 Å². The number of halogens is 2. The van der Waals surface area contributed by atoms with Crippen LogP contribution in [0.3, 0.4) is 0 Å². The fourth-order valence-corrected chi connectivity index (χ4v) is 2.63. The molecule has 0 aliphatic carbocycles. The Morgan fingerprint density at radius 2 is 2.43 bits per heavy atom.